The van der Waals surface area contributed by atoms with Gasteiger partial charge >= 0.3 is 0 Å². The van der Waals surface area contributed by atoms with Gasteiger partial charge in [0, 0.05) is 24.4 Å². The van der Waals surface area contributed by atoms with Crippen LogP contribution in [0.25, 0.3) is 0 Å². The van der Waals surface area contributed by atoms with Gasteiger partial charge in [0.25, 0.3) is 5.69 Å². The Morgan fingerprint density at radius 1 is 1.04 bits per heavy atom. The molecule has 0 bridgehead atoms. The van der Waals surface area contributed by atoms with Crippen LogP contribution in [0.3, 0.4) is 0 Å². The maximum atomic E-state index is 10.8. The summed E-state index contributed by atoms with van der Waals surface area (Å²) in [6, 6.07) is 14.0. The molecule has 26 heavy (non-hydrogen) atoms. The molecule has 138 valence electrons. The Morgan fingerprint density at radius 3 is 2.27 bits per heavy atom. The second kappa shape index (κ2) is 8.53. The van der Waals surface area contributed by atoms with Gasteiger partial charge in [-0.15, -0.1) is 0 Å². The lowest BCUT2D eigenvalue weighted by Gasteiger charge is -2.29. The fourth-order valence-electron chi connectivity index (χ4n) is 2.40. The molecule has 2 aromatic rings. The van der Waals surface area contributed by atoms with Crippen LogP contribution in [0, 0.1) is 10.1 Å². The van der Waals surface area contributed by atoms with Crippen molar-refractivity contribution in [3.63, 3.8) is 0 Å². The monoisotopic (exact) mass is 356 g/mol. The smallest absolute Gasteiger partial charge is 0.271 e. The van der Waals surface area contributed by atoms with Gasteiger partial charge in [-0.2, -0.15) is 10.2 Å². The van der Waals surface area contributed by atoms with Crippen molar-refractivity contribution in [2.45, 2.75) is 6.92 Å². The molecule has 0 aliphatic carbocycles. The molecule has 0 fully saturated rings. The number of nitro groups is 1. The Bertz CT molecular complexity index is 766. The number of nitro benzene ring substituents is 1. The van der Waals surface area contributed by atoms with E-state index < -0.39 is 4.92 Å². The van der Waals surface area contributed by atoms with E-state index in [9.17, 15) is 10.1 Å². The largest absolute Gasteiger partial charge is 0.366 e. The molecular formula is C19H26N5O2+. The normalized spacial score (nSPS) is 11.7. The van der Waals surface area contributed by atoms with Crippen LogP contribution in [0.2, 0.25) is 0 Å². The summed E-state index contributed by atoms with van der Waals surface area (Å²) in [7, 11) is 6.56. The van der Waals surface area contributed by atoms with Crippen molar-refractivity contribution < 1.29 is 9.41 Å². The predicted molar refractivity (Wildman–Crippen MR) is 105 cm³/mol. The van der Waals surface area contributed by atoms with Gasteiger partial charge in [-0.05, 0) is 37.3 Å². The summed E-state index contributed by atoms with van der Waals surface area (Å²) in [5.74, 6) is 0. The second-order valence-electron chi connectivity index (χ2n) is 7.09. The van der Waals surface area contributed by atoms with Gasteiger partial charge in [-0.1, -0.05) is 6.07 Å². The number of non-ortho nitro benzene ring substituents is 1. The third kappa shape index (κ3) is 5.93. The molecule has 0 saturated heterocycles. The van der Waals surface area contributed by atoms with E-state index >= 15 is 0 Å². The van der Waals surface area contributed by atoms with E-state index in [-0.39, 0.29) is 5.69 Å². The summed E-state index contributed by atoms with van der Waals surface area (Å²) in [6.45, 7) is 5.12. The molecule has 0 amide bonds. The Labute approximate surface area is 154 Å². The summed E-state index contributed by atoms with van der Waals surface area (Å²) in [5.41, 5.74) is 2.33. The summed E-state index contributed by atoms with van der Waals surface area (Å²) < 4.78 is 0.923. The molecule has 7 nitrogen and oxygen atoms in total. The lowest BCUT2D eigenvalue weighted by molar-refractivity contribution is -0.868. The fraction of sp³-hybridized carbons (Fsp3) is 0.368. The summed E-state index contributed by atoms with van der Waals surface area (Å²) in [6.07, 6.45) is 0. The first kappa shape index (κ1) is 19.5. The first-order chi connectivity index (χ1) is 12.3. The molecule has 0 radical (unpaired) electrons. The zero-order valence-corrected chi connectivity index (χ0v) is 15.8. The number of azo groups is 1. The van der Waals surface area contributed by atoms with E-state index in [1.54, 1.807) is 12.1 Å². The summed E-state index contributed by atoms with van der Waals surface area (Å²) in [4.78, 5) is 12.7. The van der Waals surface area contributed by atoms with Crippen LogP contribution in [-0.2, 0) is 0 Å². The van der Waals surface area contributed by atoms with Gasteiger partial charge in [0.2, 0.25) is 0 Å². The topological polar surface area (TPSA) is 71.1 Å². The fourth-order valence-corrected chi connectivity index (χ4v) is 2.40. The Morgan fingerprint density at radius 2 is 1.69 bits per heavy atom. The molecule has 0 heterocycles. The van der Waals surface area contributed by atoms with Crippen molar-refractivity contribution in [1.29, 1.82) is 0 Å². The number of benzene rings is 2. The lowest BCUT2D eigenvalue weighted by Crippen LogP contribution is -2.42. The summed E-state index contributed by atoms with van der Waals surface area (Å²) >= 11 is 0. The minimum Gasteiger partial charge on any atom is -0.366 e. The Hall–Kier alpha value is -2.80. The Balaban J connectivity index is 2.06. The number of anilines is 1. The van der Waals surface area contributed by atoms with Crippen LogP contribution in [-0.4, -0.2) is 50.2 Å². The molecule has 0 aliphatic heterocycles. The van der Waals surface area contributed by atoms with Crippen molar-refractivity contribution >= 4 is 22.7 Å². The minimum absolute atomic E-state index is 0.00707. The number of likely N-dealkylation sites (N-methyl/N-ethyl adjacent to an activating group) is 2. The number of rotatable bonds is 8. The van der Waals surface area contributed by atoms with Gasteiger partial charge in [0.05, 0.1) is 50.5 Å². The minimum atomic E-state index is -0.441. The van der Waals surface area contributed by atoms with Gasteiger partial charge in [0.15, 0.2) is 0 Å². The highest BCUT2D eigenvalue weighted by Gasteiger charge is 2.11. The summed E-state index contributed by atoms with van der Waals surface area (Å²) in [5, 5.41) is 19.1. The van der Waals surface area contributed by atoms with Crippen molar-refractivity contribution in [3.05, 3.63) is 58.6 Å². The highest BCUT2D eigenvalue weighted by atomic mass is 16.6. The average Bonchev–Trinajstić information content (AvgIpc) is 2.61. The standard InChI is InChI=1S/C19H26N5O2/c1-5-22(13-14-24(2,3)4)18-11-9-16(10-12-18)20-21-17-7-6-8-19(15-17)23(25)26/h6-12,15H,5,13-14H2,1-4H3/q+1. The quantitative estimate of drug-likeness (QED) is 0.302. The maximum Gasteiger partial charge on any atom is 0.271 e. The zero-order valence-electron chi connectivity index (χ0n) is 15.8. The molecule has 2 aromatic carbocycles. The first-order valence-electron chi connectivity index (χ1n) is 8.60. The SMILES string of the molecule is CCN(CC[N+](C)(C)C)c1ccc(N=Nc2cccc([N+](=O)[O-])c2)cc1. The molecule has 0 spiro atoms. The van der Waals surface area contributed by atoms with E-state index in [0.29, 0.717) is 11.4 Å². The maximum absolute atomic E-state index is 10.8. The van der Waals surface area contributed by atoms with Crippen LogP contribution >= 0.6 is 0 Å². The Kier molecular flexibility index (Phi) is 6.41. The van der Waals surface area contributed by atoms with Crippen LogP contribution in [0.1, 0.15) is 6.92 Å². The van der Waals surface area contributed by atoms with Crippen LogP contribution in [0.4, 0.5) is 22.7 Å². The van der Waals surface area contributed by atoms with Crippen LogP contribution in [0.15, 0.2) is 58.8 Å². The van der Waals surface area contributed by atoms with Gasteiger partial charge in [-0.3, -0.25) is 10.1 Å². The average molecular weight is 356 g/mol. The second-order valence-corrected chi connectivity index (χ2v) is 7.09. The molecule has 7 heteroatoms. The van der Waals surface area contributed by atoms with E-state index in [1.807, 2.05) is 24.3 Å². The molecule has 0 aliphatic rings. The van der Waals surface area contributed by atoms with E-state index in [2.05, 4.69) is 43.2 Å². The molecule has 0 aromatic heterocycles. The third-order valence-electron chi connectivity index (χ3n) is 3.96. The highest BCUT2D eigenvalue weighted by molar-refractivity contribution is 5.53. The number of hydrogen-bond donors (Lipinski definition) is 0. The molecule has 0 unspecified atom stereocenters. The predicted octanol–water partition coefficient (Wildman–Crippen LogP) is 4.54. The van der Waals surface area contributed by atoms with Gasteiger partial charge in [-0.25, -0.2) is 0 Å². The molecule has 0 N–H and O–H groups in total. The van der Waals surface area contributed by atoms with Crippen molar-refractivity contribution in [2.75, 3.05) is 45.7 Å². The van der Waals surface area contributed by atoms with E-state index in [4.69, 9.17) is 0 Å². The van der Waals surface area contributed by atoms with Crippen LogP contribution < -0.4 is 4.90 Å². The third-order valence-corrected chi connectivity index (χ3v) is 3.96. The van der Waals surface area contributed by atoms with Crippen molar-refractivity contribution in [2.24, 2.45) is 10.2 Å². The van der Waals surface area contributed by atoms with Gasteiger partial charge in [0.1, 0.15) is 0 Å². The molecule has 0 saturated carbocycles. The van der Waals surface area contributed by atoms with Crippen molar-refractivity contribution in [3.8, 4) is 0 Å². The van der Waals surface area contributed by atoms with Crippen molar-refractivity contribution in [1.82, 2.24) is 0 Å². The number of quaternary nitrogens is 1. The van der Waals surface area contributed by atoms with Crippen LogP contribution in [0.5, 0.6) is 0 Å². The van der Waals surface area contributed by atoms with E-state index in [1.165, 1.54) is 12.1 Å². The van der Waals surface area contributed by atoms with E-state index in [0.717, 1.165) is 29.8 Å². The van der Waals surface area contributed by atoms with Gasteiger partial charge < -0.3 is 9.38 Å². The first-order valence-corrected chi connectivity index (χ1v) is 8.60. The number of hydrogen-bond acceptors (Lipinski definition) is 5. The lowest BCUT2D eigenvalue weighted by atomic mass is 10.2. The zero-order chi connectivity index (χ0) is 19.2. The highest BCUT2D eigenvalue weighted by Crippen LogP contribution is 2.24. The molecule has 2 rings (SSSR count). The molecule has 0 atom stereocenters. The number of nitrogens with zero attached hydrogens (tertiary/aromatic N) is 5. The molecular weight excluding hydrogens is 330 g/mol.